The molecule has 1 aliphatic heterocycles. The topological polar surface area (TPSA) is 9.72 Å². The van der Waals surface area contributed by atoms with E-state index in [1.165, 1.54) is 76.2 Å². The molecular weight excluding hydrogens is 354 g/mol. The molecule has 1 aromatic carbocycles. The second-order valence-corrected chi connectivity index (χ2v) is 12.0. The normalized spacial score (nSPS) is 25.2. The van der Waals surface area contributed by atoms with Crippen molar-refractivity contribution in [1.82, 2.24) is 4.90 Å². The van der Waals surface area contributed by atoms with Crippen molar-refractivity contribution in [3.63, 3.8) is 0 Å². The van der Waals surface area contributed by atoms with Gasteiger partial charge in [0.2, 0.25) is 0 Å². The molecule has 0 bridgehead atoms. The zero-order chi connectivity index (χ0) is 20.8. The smallest absolute Gasteiger partial charge is 0.0423 e. The molecule has 0 unspecified atom stereocenters. The Morgan fingerprint density at radius 2 is 1.55 bits per heavy atom. The van der Waals surface area contributed by atoms with Gasteiger partial charge in [-0.1, -0.05) is 33.8 Å². The summed E-state index contributed by atoms with van der Waals surface area (Å²) in [7, 11) is 4.33. The zero-order valence-corrected chi connectivity index (χ0v) is 19.8. The molecule has 4 rings (SSSR count). The molecule has 2 aliphatic carbocycles. The van der Waals surface area contributed by atoms with Crippen molar-refractivity contribution >= 4 is 11.4 Å². The van der Waals surface area contributed by atoms with Gasteiger partial charge in [0.15, 0.2) is 0 Å². The highest BCUT2D eigenvalue weighted by atomic mass is 15.3. The lowest BCUT2D eigenvalue weighted by atomic mass is 9.60. The van der Waals surface area contributed by atoms with Crippen LogP contribution in [0.3, 0.4) is 0 Å². The fourth-order valence-corrected chi connectivity index (χ4v) is 6.33. The Morgan fingerprint density at radius 1 is 0.931 bits per heavy atom. The van der Waals surface area contributed by atoms with Gasteiger partial charge in [0.05, 0.1) is 0 Å². The largest absolute Gasteiger partial charge is 0.378 e. The van der Waals surface area contributed by atoms with Crippen LogP contribution in [0.4, 0.5) is 11.4 Å². The summed E-state index contributed by atoms with van der Waals surface area (Å²) in [5.41, 5.74) is 5.30. The van der Waals surface area contributed by atoms with Gasteiger partial charge in [-0.3, -0.25) is 4.90 Å². The highest BCUT2D eigenvalue weighted by molar-refractivity contribution is 5.65. The Bertz CT molecular complexity index is 693. The van der Waals surface area contributed by atoms with Crippen molar-refractivity contribution in [2.75, 3.05) is 56.6 Å². The van der Waals surface area contributed by atoms with E-state index in [-0.39, 0.29) is 0 Å². The first-order valence-corrected chi connectivity index (χ1v) is 11.9. The molecule has 3 fully saturated rings. The second kappa shape index (κ2) is 7.80. The van der Waals surface area contributed by atoms with Crippen molar-refractivity contribution in [3.05, 3.63) is 23.8 Å². The molecule has 1 aromatic rings. The minimum atomic E-state index is 0.423. The Kier molecular flexibility index (Phi) is 5.65. The van der Waals surface area contributed by atoms with Gasteiger partial charge in [0.1, 0.15) is 0 Å². The molecule has 0 atom stereocenters. The summed E-state index contributed by atoms with van der Waals surface area (Å²) < 4.78 is 0. The lowest BCUT2D eigenvalue weighted by molar-refractivity contribution is 0.0970. The van der Waals surface area contributed by atoms with Crippen LogP contribution in [0.1, 0.15) is 71.3 Å². The van der Waals surface area contributed by atoms with Gasteiger partial charge in [-0.05, 0) is 72.5 Å². The average Bonchev–Trinajstić information content (AvgIpc) is 3.43. The molecule has 3 heteroatoms. The van der Waals surface area contributed by atoms with Crippen LogP contribution in [0.5, 0.6) is 0 Å². The number of hydrogen-bond donors (Lipinski definition) is 0. The maximum atomic E-state index is 2.70. The van der Waals surface area contributed by atoms with Gasteiger partial charge >= 0.3 is 0 Å². The third kappa shape index (κ3) is 5.10. The summed E-state index contributed by atoms with van der Waals surface area (Å²) in [5.74, 6) is 1.67. The molecule has 2 saturated carbocycles. The fraction of sp³-hybridized carbons (Fsp3) is 0.769. The van der Waals surface area contributed by atoms with Crippen LogP contribution in [0.15, 0.2) is 18.2 Å². The number of benzene rings is 1. The third-order valence-electron chi connectivity index (χ3n) is 7.45. The van der Waals surface area contributed by atoms with Gasteiger partial charge in [-0.2, -0.15) is 0 Å². The van der Waals surface area contributed by atoms with E-state index in [4.69, 9.17) is 0 Å². The Labute approximate surface area is 179 Å². The van der Waals surface area contributed by atoms with Crippen molar-refractivity contribution in [1.29, 1.82) is 0 Å². The van der Waals surface area contributed by atoms with Crippen molar-refractivity contribution < 1.29 is 0 Å². The SMILES string of the molecule is CN(C)c1ccc(C2CC(C)(C)CC(C)(C)C2)c(N2CCN(CC3CC3)CC2)c1. The summed E-state index contributed by atoms with van der Waals surface area (Å²) in [6, 6.07) is 7.28. The van der Waals surface area contributed by atoms with Crippen LogP contribution in [0.2, 0.25) is 0 Å². The Hall–Kier alpha value is -1.22. The highest BCUT2D eigenvalue weighted by Gasteiger charge is 2.40. The molecule has 162 valence electrons. The van der Waals surface area contributed by atoms with E-state index in [0.717, 1.165) is 5.92 Å². The summed E-state index contributed by atoms with van der Waals surface area (Å²) in [6.07, 6.45) is 6.88. The molecule has 29 heavy (non-hydrogen) atoms. The Balaban J connectivity index is 1.59. The number of rotatable bonds is 5. The molecule has 3 aliphatic rings. The predicted molar refractivity (Wildman–Crippen MR) is 126 cm³/mol. The van der Waals surface area contributed by atoms with E-state index in [2.05, 4.69) is 74.7 Å². The van der Waals surface area contributed by atoms with Crippen LogP contribution in [-0.4, -0.2) is 51.7 Å². The van der Waals surface area contributed by atoms with E-state index in [1.54, 1.807) is 5.56 Å². The molecule has 0 radical (unpaired) electrons. The predicted octanol–water partition coefficient (Wildman–Crippen LogP) is 5.60. The van der Waals surface area contributed by atoms with E-state index in [1.807, 2.05) is 0 Å². The molecule has 0 spiro atoms. The van der Waals surface area contributed by atoms with Crippen molar-refractivity contribution in [2.24, 2.45) is 16.7 Å². The monoisotopic (exact) mass is 397 g/mol. The number of piperazine rings is 1. The molecule has 3 nitrogen and oxygen atoms in total. The maximum Gasteiger partial charge on any atom is 0.0423 e. The van der Waals surface area contributed by atoms with Crippen LogP contribution in [0, 0.1) is 16.7 Å². The lowest BCUT2D eigenvalue weighted by Gasteiger charge is -2.46. The van der Waals surface area contributed by atoms with Gasteiger partial charge < -0.3 is 9.80 Å². The first-order valence-electron chi connectivity index (χ1n) is 11.9. The summed E-state index contributed by atoms with van der Waals surface area (Å²) in [4.78, 5) is 7.65. The third-order valence-corrected chi connectivity index (χ3v) is 7.45. The van der Waals surface area contributed by atoms with Crippen LogP contribution >= 0.6 is 0 Å². The van der Waals surface area contributed by atoms with Gasteiger partial charge in [-0.15, -0.1) is 0 Å². The summed E-state index contributed by atoms with van der Waals surface area (Å²) in [6.45, 7) is 16.1. The molecule has 1 saturated heterocycles. The first-order chi connectivity index (χ1) is 13.6. The summed E-state index contributed by atoms with van der Waals surface area (Å²) in [5, 5.41) is 0. The lowest BCUT2D eigenvalue weighted by Crippen LogP contribution is -2.47. The van der Waals surface area contributed by atoms with Gasteiger partial charge in [0, 0.05) is 58.2 Å². The van der Waals surface area contributed by atoms with Crippen LogP contribution in [0.25, 0.3) is 0 Å². The maximum absolute atomic E-state index is 2.70. The number of nitrogens with zero attached hydrogens (tertiary/aromatic N) is 3. The van der Waals surface area contributed by atoms with Crippen molar-refractivity contribution in [3.8, 4) is 0 Å². The molecule has 1 heterocycles. The average molecular weight is 398 g/mol. The molecule has 0 aromatic heterocycles. The fourth-order valence-electron chi connectivity index (χ4n) is 6.33. The Morgan fingerprint density at radius 3 is 2.10 bits per heavy atom. The van der Waals surface area contributed by atoms with Gasteiger partial charge in [0.25, 0.3) is 0 Å². The van der Waals surface area contributed by atoms with E-state index < -0.39 is 0 Å². The number of anilines is 2. The molecular formula is C26H43N3. The zero-order valence-electron chi connectivity index (χ0n) is 19.8. The first kappa shape index (κ1) is 21.0. The van der Waals surface area contributed by atoms with Gasteiger partial charge in [-0.25, -0.2) is 0 Å². The summed E-state index contributed by atoms with van der Waals surface area (Å²) >= 11 is 0. The van der Waals surface area contributed by atoms with Crippen LogP contribution in [-0.2, 0) is 0 Å². The van der Waals surface area contributed by atoms with E-state index in [0.29, 0.717) is 16.7 Å². The quantitative estimate of drug-likeness (QED) is 0.640. The van der Waals surface area contributed by atoms with Crippen molar-refractivity contribution in [2.45, 2.75) is 65.7 Å². The van der Waals surface area contributed by atoms with E-state index >= 15 is 0 Å². The minimum absolute atomic E-state index is 0.423. The van der Waals surface area contributed by atoms with E-state index in [9.17, 15) is 0 Å². The highest BCUT2D eigenvalue weighted by Crippen LogP contribution is 2.53. The standard InChI is InChI=1S/C26H43N3/c1-25(2)16-21(17-26(3,4)19-25)23-10-9-22(27(5)6)15-24(23)29-13-11-28(12-14-29)18-20-7-8-20/h9-10,15,20-21H,7-8,11-14,16-19H2,1-6H3. The second-order valence-electron chi connectivity index (χ2n) is 12.0. The molecule has 0 N–H and O–H groups in total. The van der Waals surface area contributed by atoms with Crippen LogP contribution < -0.4 is 9.80 Å². The minimum Gasteiger partial charge on any atom is -0.378 e. The number of hydrogen-bond acceptors (Lipinski definition) is 3. The molecule has 0 amide bonds.